The van der Waals surface area contributed by atoms with Crippen LogP contribution in [0.15, 0.2) is 69.6 Å². The fraction of sp³-hybridized carbons (Fsp3) is 0. The van der Waals surface area contributed by atoms with Gasteiger partial charge in [-0.25, -0.2) is 0 Å². The Hall–Kier alpha value is -2.92. The molecule has 4 rings (SSSR count). The van der Waals surface area contributed by atoms with Crippen LogP contribution in [0.5, 0.6) is 17.2 Å². The van der Waals surface area contributed by atoms with Gasteiger partial charge in [-0.05, 0) is 36.4 Å². The molecule has 1 aromatic heterocycles. The quantitative estimate of drug-likeness (QED) is 0.409. The van der Waals surface area contributed by atoms with Crippen molar-refractivity contribution < 1.29 is 19.7 Å². The summed E-state index contributed by atoms with van der Waals surface area (Å²) >= 11 is 3.46. The molecule has 0 saturated heterocycles. The third kappa shape index (κ3) is 2.72. The first kappa shape index (κ1) is 15.6. The van der Waals surface area contributed by atoms with Crippen molar-refractivity contribution in [1.29, 1.82) is 0 Å². The van der Waals surface area contributed by atoms with Crippen LogP contribution in [0.25, 0.3) is 33.4 Å². The lowest BCUT2D eigenvalue weighted by Gasteiger charge is -2.07. The molecule has 124 valence electrons. The van der Waals surface area contributed by atoms with E-state index >= 15 is 0 Å². The Morgan fingerprint density at radius 3 is 2.32 bits per heavy atom. The van der Waals surface area contributed by atoms with Crippen LogP contribution in [0.4, 0.5) is 0 Å². The van der Waals surface area contributed by atoms with E-state index in [1.807, 2.05) is 24.3 Å². The second-order valence-electron chi connectivity index (χ2n) is 5.70. The van der Waals surface area contributed by atoms with Gasteiger partial charge in [-0.3, -0.25) is 0 Å². The summed E-state index contributed by atoms with van der Waals surface area (Å²) in [7, 11) is 0. The minimum Gasteiger partial charge on any atom is -0.508 e. The Balaban J connectivity index is 2.08. The second-order valence-corrected chi connectivity index (χ2v) is 6.61. The average molecular weight is 397 g/mol. The van der Waals surface area contributed by atoms with E-state index in [0.717, 1.165) is 15.4 Å². The molecule has 0 aliphatic carbocycles. The molecule has 5 heteroatoms. The van der Waals surface area contributed by atoms with Crippen molar-refractivity contribution in [2.24, 2.45) is 0 Å². The standard InChI is InChI=1S/C20H13BrO4/c21-12-3-1-2-11(8-12)20-19(15-6-4-13(22)9-17(15)24)16-7-5-14(23)10-18(16)25-20/h1-10,22-24H. The number of rotatable bonds is 2. The van der Waals surface area contributed by atoms with Gasteiger partial charge in [0.15, 0.2) is 0 Å². The molecule has 0 fully saturated rings. The first-order valence-electron chi connectivity index (χ1n) is 7.57. The van der Waals surface area contributed by atoms with Crippen LogP contribution in [0.2, 0.25) is 0 Å². The van der Waals surface area contributed by atoms with Crippen molar-refractivity contribution in [2.75, 3.05) is 0 Å². The Kier molecular flexibility index (Phi) is 3.66. The van der Waals surface area contributed by atoms with E-state index < -0.39 is 0 Å². The summed E-state index contributed by atoms with van der Waals surface area (Å²) in [4.78, 5) is 0. The molecule has 0 spiro atoms. The molecule has 3 N–H and O–H groups in total. The van der Waals surface area contributed by atoms with Gasteiger partial charge in [0, 0.05) is 38.7 Å². The molecule has 1 heterocycles. The fourth-order valence-electron chi connectivity index (χ4n) is 2.92. The molecule has 4 aromatic rings. The highest BCUT2D eigenvalue weighted by molar-refractivity contribution is 9.10. The lowest BCUT2D eigenvalue weighted by molar-refractivity contribution is 0.452. The molecule has 0 saturated carbocycles. The monoisotopic (exact) mass is 396 g/mol. The van der Waals surface area contributed by atoms with Gasteiger partial charge < -0.3 is 19.7 Å². The molecular weight excluding hydrogens is 384 g/mol. The highest BCUT2D eigenvalue weighted by Crippen LogP contribution is 2.45. The Morgan fingerprint density at radius 1 is 0.800 bits per heavy atom. The third-order valence-electron chi connectivity index (χ3n) is 4.01. The predicted octanol–water partition coefficient (Wildman–Crippen LogP) is 5.65. The van der Waals surface area contributed by atoms with Crippen molar-refractivity contribution in [2.45, 2.75) is 0 Å². The van der Waals surface area contributed by atoms with Gasteiger partial charge in [0.25, 0.3) is 0 Å². The zero-order valence-corrected chi connectivity index (χ0v) is 14.5. The number of hydrogen-bond donors (Lipinski definition) is 3. The first-order valence-corrected chi connectivity index (χ1v) is 8.36. The largest absolute Gasteiger partial charge is 0.508 e. The number of halogens is 1. The van der Waals surface area contributed by atoms with Gasteiger partial charge in [0.1, 0.15) is 28.6 Å². The van der Waals surface area contributed by atoms with Crippen LogP contribution in [-0.4, -0.2) is 15.3 Å². The Labute approximate surface area is 151 Å². The summed E-state index contributed by atoms with van der Waals surface area (Å²) in [5.74, 6) is 0.606. The van der Waals surface area contributed by atoms with Gasteiger partial charge in [-0.1, -0.05) is 28.1 Å². The topological polar surface area (TPSA) is 73.8 Å². The molecule has 0 amide bonds. The van der Waals surface area contributed by atoms with E-state index in [-0.39, 0.29) is 17.2 Å². The summed E-state index contributed by atoms with van der Waals surface area (Å²) < 4.78 is 6.90. The van der Waals surface area contributed by atoms with Crippen LogP contribution < -0.4 is 0 Å². The molecular formula is C20H13BrO4. The van der Waals surface area contributed by atoms with Crippen LogP contribution in [0.1, 0.15) is 0 Å². The van der Waals surface area contributed by atoms with E-state index in [9.17, 15) is 15.3 Å². The SMILES string of the molecule is Oc1ccc(-c2c(-c3cccc(Br)c3)oc3cc(O)ccc23)c(O)c1. The number of benzene rings is 3. The first-order chi connectivity index (χ1) is 12.0. The molecule has 4 nitrogen and oxygen atoms in total. The molecule has 0 aliphatic rings. The number of fused-ring (bicyclic) bond motifs is 1. The molecule has 0 unspecified atom stereocenters. The van der Waals surface area contributed by atoms with E-state index in [1.54, 1.807) is 18.2 Å². The zero-order chi connectivity index (χ0) is 17.6. The van der Waals surface area contributed by atoms with Crippen LogP contribution in [0, 0.1) is 0 Å². The van der Waals surface area contributed by atoms with Crippen molar-refractivity contribution in [3.05, 3.63) is 65.1 Å². The summed E-state index contributed by atoms with van der Waals surface area (Å²) in [6.45, 7) is 0. The smallest absolute Gasteiger partial charge is 0.143 e. The minimum absolute atomic E-state index is 0.0179. The van der Waals surface area contributed by atoms with E-state index in [2.05, 4.69) is 15.9 Å². The fourth-order valence-corrected chi connectivity index (χ4v) is 3.32. The maximum atomic E-state index is 10.3. The highest BCUT2D eigenvalue weighted by atomic mass is 79.9. The zero-order valence-electron chi connectivity index (χ0n) is 12.9. The van der Waals surface area contributed by atoms with Crippen LogP contribution in [0.3, 0.4) is 0 Å². The van der Waals surface area contributed by atoms with Gasteiger partial charge >= 0.3 is 0 Å². The van der Waals surface area contributed by atoms with Crippen molar-refractivity contribution in [3.63, 3.8) is 0 Å². The maximum Gasteiger partial charge on any atom is 0.143 e. The maximum absolute atomic E-state index is 10.3. The van der Waals surface area contributed by atoms with Gasteiger partial charge in [-0.15, -0.1) is 0 Å². The normalized spacial score (nSPS) is 11.1. The van der Waals surface area contributed by atoms with Crippen LogP contribution >= 0.6 is 15.9 Å². The average Bonchev–Trinajstić information content (AvgIpc) is 2.93. The molecule has 3 aromatic carbocycles. The number of furan rings is 1. The summed E-state index contributed by atoms with van der Waals surface area (Å²) in [5.41, 5.74) is 2.58. The van der Waals surface area contributed by atoms with Crippen molar-refractivity contribution in [3.8, 4) is 39.7 Å². The predicted molar refractivity (Wildman–Crippen MR) is 99.8 cm³/mol. The third-order valence-corrected chi connectivity index (χ3v) is 4.50. The van der Waals surface area contributed by atoms with E-state index in [0.29, 0.717) is 22.5 Å². The molecule has 0 bridgehead atoms. The van der Waals surface area contributed by atoms with Crippen LogP contribution in [-0.2, 0) is 0 Å². The molecule has 0 radical (unpaired) electrons. The lowest BCUT2D eigenvalue weighted by Crippen LogP contribution is -1.83. The van der Waals surface area contributed by atoms with Crippen molar-refractivity contribution >= 4 is 26.9 Å². The number of aromatic hydroxyl groups is 3. The Morgan fingerprint density at radius 2 is 1.56 bits per heavy atom. The number of phenols is 3. The van der Waals surface area contributed by atoms with Crippen molar-refractivity contribution in [1.82, 2.24) is 0 Å². The van der Waals surface area contributed by atoms with Gasteiger partial charge in [-0.2, -0.15) is 0 Å². The molecule has 0 aliphatic heterocycles. The number of hydrogen-bond acceptors (Lipinski definition) is 4. The molecule has 25 heavy (non-hydrogen) atoms. The second kappa shape index (κ2) is 5.86. The van der Waals surface area contributed by atoms with E-state index in [4.69, 9.17) is 4.42 Å². The lowest BCUT2D eigenvalue weighted by atomic mass is 9.97. The highest BCUT2D eigenvalue weighted by Gasteiger charge is 2.20. The van der Waals surface area contributed by atoms with Gasteiger partial charge in [0.05, 0.1) is 0 Å². The number of phenolic OH excluding ortho intramolecular Hbond substituents is 3. The minimum atomic E-state index is -0.0491. The molecule has 0 atom stereocenters. The van der Waals surface area contributed by atoms with E-state index in [1.165, 1.54) is 18.2 Å². The Bertz CT molecular complexity index is 1100. The summed E-state index contributed by atoms with van der Waals surface area (Å²) in [6, 6.07) is 16.9. The summed E-state index contributed by atoms with van der Waals surface area (Å²) in [5, 5.41) is 30.4. The van der Waals surface area contributed by atoms with Gasteiger partial charge in [0.2, 0.25) is 0 Å². The summed E-state index contributed by atoms with van der Waals surface area (Å²) in [6.07, 6.45) is 0.